The molecule has 110 valence electrons. The van der Waals surface area contributed by atoms with E-state index in [-0.39, 0.29) is 11.0 Å². The highest BCUT2D eigenvalue weighted by molar-refractivity contribution is 6.30. The zero-order valence-electron chi connectivity index (χ0n) is 13.4. The number of nitrogens with one attached hydrogen (secondary N) is 1. The zero-order valence-corrected chi connectivity index (χ0v) is 14.1. The van der Waals surface area contributed by atoms with E-state index in [0.29, 0.717) is 0 Å². The van der Waals surface area contributed by atoms with E-state index in [2.05, 4.69) is 45.0 Å². The van der Waals surface area contributed by atoms with Crippen molar-refractivity contribution in [3.05, 3.63) is 16.4 Å². The van der Waals surface area contributed by atoms with Crippen molar-refractivity contribution < 1.29 is 0 Å². The fraction of sp³-hybridized carbons (Fsp3) is 0.800. The Morgan fingerprint density at radius 1 is 1.21 bits per heavy atom. The number of hydrogen-bond acceptors (Lipinski definition) is 2. The first-order chi connectivity index (χ1) is 8.52. The summed E-state index contributed by atoms with van der Waals surface area (Å²) in [5.74, 6) is 0. The lowest BCUT2D eigenvalue weighted by Crippen LogP contribution is -2.38. The molecule has 0 aliphatic carbocycles. The third kappa shape index (κ3) is 5.15. The van der Waals surface area contributed by atoms with Gasteiger partial charge in [0, 0.05) is 18.2 Å². The molecule has 0 atom stereocenters. The van der Waals surface area contributed by atoms with E-state index >= 15 is 0 Å². The number of hydrogen-bond donors (Lipinski definition) is 1. The Morgan fingerprint density at radius 2 is 1.79 bits per heavy atom. The van der Waals surface area contributed by atoms with Crippen LogP contribution in [-0.2, 0) is 13.5 Å². The minimum absolute atomic E-state index is 0.179. The first kappa shape index (κ1) is 16.5. The maximum Gasteiger partial charge on any atom is 0.130 e. The standard InChI is InChI=1S/C15H28ClN3/c1-11-12(13(16)19(7)18-11)10-15(5,6)8-9-17-14(2,3)4/h17H,8-10H2,1-7H3. The van der Waals surface area contributed by atoms with E-state index in [1.54, 1.807) is 4.68 Å². The molecule has 0 amide bonds. The minimum atomic E-state index is 0.179. The number of aryl methyl sites for hydroxylation is 2. The van der Waals surface area contributed by atoms with Gasteiger partial charge in [0.2, 0.25) is 0 Å². The fourth-order valence-electron chi connectivity index (χ4n) is 2.22. The van der Waals surface area contributed by atoms with E-state index in [1.165, 1.54) is 5.56 Å². The topological polar surface area (TPSA) is 29.9 Å². The summed E-state index contributed by atoms with van der Waals surface area (Å²) in [5.41, 5.74) is 2.63. The highest BCUT2D eigenvalue weighted by atomic mass is 35.5. The number of rotatable bonds is 5. The van der Waals surface area contributed by atoms with Crippen LogP contribution in [0.2, 0.25) is 5.15 Å². The molecule has 3 nitrogen and oxygen atoms in total. The monoisotopic (exact) mass is 285 g/mol. The fourth-order valence-corrected chi connectivity index (χ4v) is 2.46. The van der Waals surface area contributed by atoms with Crippen molar-refractivity contribution in [2.24, 2.45) is 12.5 Å². The maximum atomic E-state index is 6.31. The van der Waals surface area contributed by atoms with Gasteiger partial charge < -0.3 is 5.32 Å². The van der Waals surface area contributed by atoms with Crippen LogP contribution in [0.5, 0.6) is 0 Å². The Balaban J connectivity index is 2.64. The van der Waals surface area contributed by atoms with Gasteiger partial charge in [-0.2, -0.15) is 5.10 Å². The van der Waals surface area contributed by atoms with Crippen LogP contribution in [-0.4, -0.2) is 21.9 Å². The third-order valence-electron chi connectivity index (χ3n) is 3.38. The molecule has 1 aromatic heterocycles. The number of nitrogens with zero attached hydrogens (tertiary/aromatic N) is 2. The molecule has 0 saturated heterocycles. The van der Waals surface area contributed by atoms with Crippen molar-refractivity contribution in [3.8, 4) is 0 Å². The molecule has 1 heterocycles. The molecule has 0 saturated carbocycles. The maximum absolute atomic E-state index is 6.31. The van der Waals surface area contributed by atoms with Gasteiger partial charge in [0.15, 0.2) is 0 Å². The normalized spacial score (nSPS) is 13.1. The SMILES string of the molecule is Cc1nn(C)c(Cl)c1CC(C)(C)CCNC(C)(C)C. The molecule has 1 rings (SSSR count). The molecular formula is C15H28ClN3. The second-order valence-corrected chi connectivity index (χ2v) is 7.60. The summed E-state index contributed by atoms with van der Waals surface area (Å²) in [5, 5.41) is 8.70. The van der Waals surface area contributed by atoms with Crippen LogP contribution in [0.1, 0.15) is 52.3 Å². The second kappa shape index (κ2) is 5.84. The largest absolute Gasteiger partial charge is 0.312 e. The van der Waals surface area contributed by atoms with Crippen molar-refractivity contribution in [2.45, 2.75) is 59.9 Å². The van der Waals surface area contributed by atoms with E-state index in [4.69, 9.17) is 11.6 Å². The molecule has 1 N–H and O–H groups in total. The Kier molecular flexibility index (Phi) is 5.08. The van der Waals surface area contributed by atoms with Gasteiger partial charge in [-0.1, -0.05) is 25.4 Å². The van der Waals surface area contributed by atoms with Gasteiger partial charge in [0.1, 0.15) is 5.15 Å². The summed E-state index contributed by atoms with van der Waals surface area (Å²) in [6.07, 6.45) is 2.09. The van der Waals surface area contributed by atoms with Crippen molar-refractivity contribution >= 4 is 11.6 Å². The van der Waals surface area contributed by atoms with Gasteiger partial charge in [-0.05, 0) is 52.5 Å². The van der Waals surface area contributed by atoms with Crippen molar-refractivity contribution in [2.75, 3.05) is 6.54 Å². The molecule has 0 fully saturated rings. The molecule has 0 radical (unpaired) electrons. The Hall–Kier alpha value is -0.540. The predicted molar refractivity (Wildman–Crippen MR) is 82.8 cm³/mol. The summed E-state index contributed by atoms with van der Waals surface area (Å²) >= 11 is 6.31. The lowest BCUT2D eigenvalue weighted by Gasteiger charge is -2.28. The molecule has 0 unspecified atom stereocenters. The van der Waals surface area contributed by atoms with Crippen LogP contribution >= 0.6 is 11.6 Å². The summed E-state index contributed by atoms with van der Waals surface area (Å²) in [4.78, 5) is 0. The predicted octanol–water partition coefficient (Wildman–Crippen LogP) is 3.73. The second-order valence-electron chi connectivity index (χ2n) is 7.25. The summed E-state index contributed by atoms with van der Waals surface area (Å²) in [6.45, 7) is 14.2. The summed E-state index contributed by atoms with van der Waals surface area (Å²) in [6, 6.07) is 0. The highest BCUT2D eigenvalue weighted by Gasteiger charge is 2.23. The molecular weight excluding hydrogens is 258 g/mol. The van der Waals surface area contributed by atoms with Crippen LogP contribution in [0.25, 0.3) is 0 Å². The Labute approximate surface area is 122 Å². The molecule has 19 heavy (non-hydrogen) atoms. The first-order valence-electron chi connectivity index (χ1n) is 6.95. The van der Waals surface area contributed by atoms with E-state index in [1.807, 2.05) is 14.0 Å². The van der Waals surface area contributed by atoms with Crippen LogP contribution in [0.4, 0.5) is 0 Å². The average molecular weight is 286 g/mol. The molecule has 0 aromatic carbocycles. The first-order valence-corrected chi connectivity index (χ1v) is 7.33. The molecule has 0 aliphatic rings. The lowest BCUT2D eigenvalue weighted by atomic mass is 9.82. The highest BCUT2D eigenvalue weighted by Crippen LogP contribution is 2.30. The van der Waals surface area contributed by atoms with Gasteiger partial charge in [-0.25, -0.2) is 0 Å². The molecule has 0 aliphatic heterocycles. The van der Waals surface area contributed by atoms with Crippen molar-refractivity contribution in [3.63, 3.8) is 0 Å². The van der Waals surface area contributed by atoms with Crippen LogP contribution < -0.4 is 5.32 Å². The number of aromatic nitrogens is 2. The van der Waals surface area contributed by atoms with E-state index in [9.17, 15) is 0 Å². The van der Waals surface area contributed by atoms with Crippen molar-refractivity contribution in [1.29, 1.82) is 0 Å². The van der Waals surface area contributed by atoms with Gasteiger partial charge >= 0.3 is 0 Å². The summed E-state index contributed by atoms with van der Waals surface area (Å²) in [7, 11) is 1.90. The molecule has 4 heteroatoms. The third-order valence-corrected chi connectivity index (χ3v) is 3.86. The van der Waals surface area contributed by atoms with E-state index < -0.39 is 0 Å². The molecule has 0 spiro atoms. The van der Waals surface area contributed by atoms with Crippen LogP contribution in [0.15, 0.2) is 0 Å². The summed E-state index contributed by atoms with van der Waals surface area (Å²) < 4.78 is 1.76. The van der Waals surface area contributed by atoms with Gasteiger partial charge in [0.25, 0.3) is 0 Å². The smallest absolute Gasteiger partial charge is 0.130 e. The van der Waals surface area contributed by atoms with Crippen molar-refractivity contribution in [1.82, 2.24) is 15.1 Å². The lowest BCUT2D eigenvalue weighted by molar-refractivity contribution is 0.302. The minimum Gasteiger partial charge on any atom is -0.312 e. The Bertz CT molecular complexity index is 427. The van der Waals surface area contributed by atoms with E-state index in [0.717, 1.165) is 30.2 Å². The quantitative estimate of drug-likeness (QED) is 0.893. The Morgan fingerprint density at radius 3 is 2.21 bits per heavy atom. The van der Waals surface area contributed by atoms with Gasteiger partial charge in [0.05, 0.1) is 5.69 Å². The van der Waals surface area contributed by atoms with Gasteiger partial charge in [-0.15, -0.1) is 0 Å². The van der Waals surface area contributed by atoms with Crippen LogP contribution in [0, 0.1) is 12.3 Å². The average Bonchev–Trinajstić information content (AvgIpc) is 2.42. The van der Waals surface area contributed by atoms with Crippen LogP contribution in [0.3, 0.4) is 0 Å². The zero-order chi connectivity index (χ0) is 14.8. The molecule has 1 aromatic rings. The number of halogens is 1. The van der Waals surface area contributed by atoms with Gasteiger partial charge in [-0.3, -0.25) is 4.68 Å². The molecule has 0 bridgehead atoms.